The third-order valence-corrected chi connectivity index (χ3v) is 7.36. The molecule has 1 heterocycles. The van der Waals surface area contributed by atoms with Gasteiger partial charge in [-0.15, -0.1) is 0 Å². The lowest BCUT2D eigenvalue weighted by atomic mass is 9.94. The smallest absolute Gasteiger partial charge is 0.337 e. The molecule has 8 heteroatoms. The molecule has 1 saturated heterocycles. The number of aryl methyl sites for hydroxylation is 1. The van der Waals surface area contributed by atoms with Crippen LogP contribution >= 0.6 is 0 Å². The molecular formula is C35H31NO7. The van der Waals surface area contributed by atoms with Crippen LogP contribution in [0.3, 0.4) is 0 Å². The molecule has 1 aliphatic heterocycles. The number of likely N-dealkylation sites (tertiary alicyclic amines) is 1. The Hall–Kier alpha value is -5.37. The van der Waals surface area contributed by atoms with Crippen LogP contribution in [0.2, 0.25) is 0 Å². The highest BCUT2D eigenvalue weighted by Crippen LogP contribution is 2.41. The van der Waals surface area contributed by atoms with Gasteiger partial charge in [0.1, 0.15) is 23.9 Å². The quantitative estimate of drug-likeness (QED) is 0.113. The molecule has 1 atom stereocenters. The summed E-state index contributed by atoms with van der Waals surface area (Å²) >= 11 is 0. The molecule has 0 radical (unpaired) electrons. The van der Waals surface area contributed by atoms with Gasteiger partial charge in [0.25, 0.3) is 11.7 Å². The zero-order valence-corrected chi connectivity index (χ0v) is 24.1. The second-order valence-electron chi connectivity index (χ2n) is 10.1. The van der Waals surface area contributed by atoms with E-state index in [1.54, 1.807) is 66.7 Å². The molecule has 1 unspecified atom stereocenters. The van der Waals surface area contributed by atoms with E-state index in [2.05, 4.69) is 0 Å². The van der Waals surface area contributed by atoms with Crippen molar-refractivity contribution in [1.29, 1.82) is 0 Å². The van der Waals surface area contributed by atoms with Crippen molar-refractivity contribution < 1.29 is 33.7 Å². The minimum Gasteiger partial charge on any atom is -0.507 e. The summed E-state index contributed by atoms with van der Waals surface area (Å²) in [7, 11) is 2.83. The zero-order valence-electron chi connectivity index (χ0n) is 24.1. The summed E-state index contributed by atoms with van der Waals surface area (Å²) in [4.78, 5) is 40.3. The zero-order chi connectivity index (χ0) is 30.5. The SMILES string of the molecule is COC(=O)c1ccc(CN2C(=O)C(=O)/C(=C(\O)c3ccc(OCc4ccccc4)c(C)c3)C2c2cccc(OC)c2)cc1. The van der Waals surface area contributed by atoms with Crippen molar-refractivity contribution in [1.82, 2.24) is 4.90 Å². The Labute approximate surface area is 249 Å². The molecule has 5 rings (SSSR count). The first kappa shape index (κ1) is 29.1. The standard InChI is InChI=1S/C35H31NO7/c1-22-18-27(16-17-29(22)43-21-24-8-5-4-6-9-24)32(37)30-31(26-10-7-11-28(19-26)41-2)36(34(39)33(30)38)20-23-12-14-25(15-13-23)35(40)42-3/h4-19,31,37H,20-21H2,1-3H3/b32-30-. The van der Waals surface area contributed by atoms with Crippen LogP contribution in [0.15, 0.2) is 103 Å². The van der Waals surface area contributed by atoms with Crippen molar-refractivity contribution in [2.24, 2.45) is 0 Å². The van der Waals surface area contributed by atoms with Crippen LogP contribution < -0.4 is 9.47 Å². The number of aliphatic hydroxyl groups excluding tert-OH is 1. The molecule has 8 nitrogen and oxygen atoms in total. The van der Waals surface area contributed by atoms with Crippen LogP contribution in [0.25, 0.3) is 5.76 Å². The van der Waals surface area contributed by atoms with E-state index in [4.69, 9.17) is 14.2 Å². The monoisotopic (exact) mass is 577 g/mol. The van der Waals surface area contributed by atoms with Gasteiger partial charge >= 0.3 is 5.97 Å². The number of ether oxygens (including phenoxy) is 3. The van der Waals surface area contributed by atoms with Crippen LogP contribution in [-0.4, -0.2) is 41.9 Å². The van der Waals surface area contributed by atoms with E-state index in [1.807, 2.05) is 37.3 Å². The summed E-state index contributed by atoms with van der Waals surface area (Å²) in [6.45, 7) is 2.30. The average molecular weight is 578 g/mol. The summed E-state index contributed by atoms with van der Waals surface area (Å²) < 4.78 is 16.2. The summed E-state index contributed by atoms with van der Waals surface area (Å²) in [6.07, 6.45) is 0. The number of hydrogen-bond acceptors (Lipinski definition) is 7. The van der Waals surface area contributed by atoms with Crippen LogP contribution in [-0.2, 0) is 27.5 Å². The van der Waals surface area contributed by atoms with Crippen LogP contribution in [0.1, 0.15) is 44.2 Å². The number of carbonyl (C=O) groups is 3. The molecule has 1 N–H and O–H groups in total. The Morgan fingerprint density at radius 1 is 0.837 bits per heavy atom. The van der Waals surface area contributed by atoms with E-state index in [9.17, 15) is 19.5 Å². The van der Waals surface area contributed by atoms with Gasteiger partial charge in [0, 0.05) is 12.1 Å². The minimum atomic E-state index is -0.885. The largest absolute Gasteiger partial charge is 0.507 e. The fourth-order valence-electron chi connectivity index (χ4n) is 5.11. The lowest BCUT2D eigenvalue weighted by Crippen LogP contribution is -2.29. The van der Waals surface area contributed by atoms with Crippen LogP contribution in [0.4, 0.5) is 0 Å². The Morgan fingerprint density at radius 3 is 2.23 bits per heavy atom. The Morgan fingerprint density at radius 2 is 1.56 bits per heavy atom. The third kappa shape index (κ3) is 6.13. The molecule has 1 amide bonds. The number of hydrogen-bond donors (Lipinski definition) is 1. The summed E-state index contributed by atoms with van der Waals surface area (Å²) in [5.41, 5.74) is 3.80. The second-order valence-corrected chi connectivity index (χ2v) is 10.1. The highest BCUT2D eigenvalue weighted by molar-refractivity contribution is 6.46. The molecule has 0 aliphatic carbocycles. The number of rotatable bonds is 9. The number of esters is 1. The van der Waals surface area contributed by atoms with Gasteiger partial charge in [0.05, 0.1) is 31.4 Å². The topological polar surface area (TPSA) is 102 Å². The van der Waals surface area contributed by atoms with E-state index in [0.717, 1.165) is 11.1 Å². The van der Waals surface area contributed by atoms with E-state index >= 15 is 0 Å². The molecule has 4 aromatic rings. The average Bonchev–Trinajstić information content (AvgIpc) is 3.29. The van der Waals surface area contributed by atoms with Gasteiger partial charge in [-0.25, -0.2) is 4.79 Å². The fourth-order valence-corrected chi connectivity index (χ4v) is 5.11. The number of methoxy groups -OCH3 is 2. The highest BCUT2D eigenvalue weighted by atomic mass is 16.5. The molecule has 218 valence electrons. The molecular weight excluding hydrogens is 546 g/mol. The van der Waals surface area contributed by atoms with Gasteiger partial charge in [-0.1, -0.05) is 54.6 Å². The summed E-state index contributed by atoms with van der Waals surface area (Å²) in [5, 5.41) is 11.6. The van der Waals surface area contributed by atoms with Crippen molar-refractivity contribution >= 4 is 23.4 Å². The third-order valence-electron chi connectivity index (χ3n) is 7.36. The lowest BCUT2D eigenvalue weighted by Gasteiger charge is -2.26. The summed E-state index contributed by atoms with van der Waals surface area (Å²) in [5.74, 6) is -1.12. The van der Waals surface area contributed by atoms with E-state index in [0.29, 0.717) is 40.4 Å². The minimum absolute atomic E-state index is 0.0261. The molecule has 0 saturated carbocycles. The van der Waals surface area contributed by atoms with E-state index < -0.39 is 23.7 Å². The lowest BCUT2D eigenvalue weighted by molar-refractivity contribution is -0.140. The number of amides is 1. The first-order valence-corrected chi connectivity index (χ1v) is 13.7. The van der Waals surface area contributed by atoms with Gasteiger partial charge < -0.3 is 24.2 Å². The van der Waals surface area contributed by atoms with Crippen LogP contribution in [0.5, 0.6) is 11.5 Å². The van der Waals surface area contributed by atoms with Gasteiger partial charge in [-0.2, -0.15) is 0 Å². The van der Waals surface area contributed by atoms with Crippen molar-refractivity contribution in [3.8, 4) is 11.5 Å². The van der Waals surface area contributed by atoms with Gasteiger partial charge in [0.2, 0.25) is 0 Å². The molecule has 0 aromatic heterocycles. The normalized spacial score (nSPS) is 15.8. The fraction of sp³-hybridized carbons (Fsp3) is 0.171. The number of Topliss-reactive ketones (excluding diaryl/α,β-unsaturated/α-hetero) is 1. The number of ketones is 1. The molecule has 1 fully saturated rings. The molecule has 0 bridgehead atoms. The predicted molar refractivity (Wildman–Crippen MR) is 161 cm³/mol. The maximum Gasteiger partial charge on any atom is 0.337 e. The first-order chi connectivity index (χ1) is 20.8. The molecule has 4 aromatic carbocycles. The molecule has 1 aliphatic rings. The van der Waals surface area contributed by atoms with Crippen LogP contribution in [0, 0.1) is 6.92 Å². The Balaban J connectivity index is 1.51. The number of benzene rings is 4. The van der Waals surface area contributed by atoms with Gasteiger partial charge in [-0.3, -0.25) is 9.59 Å². The number of carbonyl (C=O) groups excluding carboxylic acids is 3. The first-order valence-electron chi connectivity index (χ1n) is 13.7. The van der Waals surface area contributed by atoms with Crippen molar-refractivity contribution in [2.45, 2.75) is 26.1 Å². The highest BCUT2D eigenvalue weighted by Gasteiger charge is 2.46. The van der Waals surface area contributed by atoms with Crippen molar-refractivity contribution in [3.05, 3.63) is 136 Å². The second kappa shape index (κ2) is 12.7. The Kier molecular flexibility index (Phi) is 8.57. The Bertz CT molecular complexity index is 1690. The molecule has 0 spiro atoms. The van der Waals surface area contributed by atoms with Gasteiger partial charge in [-0.05, 0) is 71.6 Å². The number of aliphatic hydroxyl groups is 1. The van der Waals surface area contributed by atoms with Crippen molar-refractivity contribution in [2.75, 3.05) is 14.2 Å². The molecule has 43 heavy (non-hydrogen) atoms. The maximum absolute atomic E-state index is 13.5. The van der Waals surface area contributed by atoms with Gasteiger partial charge in [0.15, 0.2) is 0 Å². The van der Waals surface area contributed by atoms with E-state index in [-0.39, 0.29) is 17.9 Å². The van der Waals surface area contributed by atoms with E-state index in [1.165, 1.54) is 19.1 Å². The predicted octanol–water partition coefficient (Wildman–Crippen LogP) is 5.99. The summed E-state index contributed by atoms with van der Waals surface area (Å²) in [6, 6.07) is 27.7. The maximum atomic E-state index is 13.5. The number of nitrogens with zero attached hydrogens (tertiary/aromatic N) is 1. The van der Waals surface area contributed by atoms with Crippen molar-refractivity contribution in [3.63, 3.8) is 0 Å².